The molecule has 7 nitrogen and oxygen atoms in total. The van der Waals surface area contributed by atoms with E-state index < -0.39 is 30.8 Å². The van der Waals surface area contributed by atoms with Crippen molar-refractivity contribution in [3.8, 4) is 5.75 Å². The molecule has 0 aliphatic heterocycles. The Labute approximate surface area is 125 Å². The Kier molecular flexibility index (Phi) is 6.41. The number of halogens is 1. The molecule has 0 saturated heterocycles. The van der Waals surface area contributed by atoms with Crippen LogP contribution in [-0.2, 0) is 14.3 Å². The fourth-order valence-corrected chi connectivity index (χ4v) is 1.71. The smallest absolute Gasteiger partial charge is 0.341 e. The molecule has 2 unspecified atom stereocenters. The highest BCUT2D eigenvalue weighted by atomic mass is 35.5. The summed E-state index contributed by atoms with van der Waals surface area (Å²) in [4.78, 5) is 21.9. The van der Waals surface area contributed by atoms with Crippen molar-refractivity contribution in [2.75, 3.05) is 13.2 Å². The summed E-state index contributed by atoms with van der Waals surface area (Å²) in [5.41, 5.74) is 0.0289. The van der Waals surface area contributed by atoms with E-state index in [9.17, 15) is 19.8 Å². The molecule has 0 saturated carbocycles. The molecule has 0 bridgehead atoms. The van der Waals surface area contributed by atoms with Gasteiger partial charge in [0.1, 0.15) is 11.9 Å². The van der Waals surface area contributed by atoms with Gasteiger partial charge in [0.15, 0.2) is 12.7 Å². The van der Waals surface area contributed by atoms with Gasteiger partial charge in [0.05, 0.1) is 6.61 Å². The van der Waals surface area contributed by atoms with Crippen LogP contribution in [0, 0.1) is 0 Å². The van der Waals surface area contributed by atoms with E-state index in [0.29, 0.717) is 0 Å². The average molecular weight is 319 g/mol. The van der Waals surface area contributed by atoms with Gasteiger partial charge in [0, 0.05) is 10.6 Å². The van der Waals surface area contributed by atoms with E-state index in [-0.39, 0.29) is 22.9 Å². The summed E-state index contributed by atoms with van der Waals surface area (Å²) in [5, 5.41) is 28.6. The summed E-state index contributed by atoms with van der Waals surface area (Å²) >= 11 is 5.77. The summed E-state index contributed by atoms with van der Waals surface area (Å²) in [6.07, 6.45) is -3.46. The standard InChI is InChI=1S/C13H15ClO7/c1-2-20-13(19)12(18)11(17)8-4-3-7(14)5-9(8)21-6-10(15)16/h3-5,11-12,17-18H,2,6H2,1H3,(H,15,16). The minimum absolute atomic E-state index is 0.0289. The molecule has 0 aromatic heterocycles. The predicted octanol–water partition coefficient (Wildman–Crippen LogP) is 0.761. The number of aliphatic hydroxyl groups is 2. The van der Waals surface area contributed by atoms with E-state index in [1.165, 1.54) is 18.2 Å². The number of rotatable bonds is 7. The minimum Gasteiger partial charge on any atom is -0.481 e. The van der Waals surface area contributed by atoms with E-state index >= 15 is 0 Å². The second-order valence-electron chi connectivity index (χ2n) is 4.01. The molecular weight excluding hydrogens is 304 g/mol. The van der Waals surface area contributed by atoms with Crippen molar-refractivity contribution in [2.45, 2.75) is 19.1 Å². The maximum Gasteiger partial charge on any atom is 0.341 e. The molecular formula is C13H15ClO7. The number of hydrogen-bond donors (Lipinski definition) is 3. The van der Waals surface area contributed by atoms with Gasteiger partial charge in [-0.15, -0.1) is 0 Å². The Balaban J connectivity index is 2.99. The maximum atomic E-state index is 11.4. The van der Waals surface area contributed by atoms with Crippen molar-refractivity contribution in [2.24, 2.45) is 0 Å². The zero-order valence-electron chi connectivity index (χ0n) is 11.2. The number of carbonyl (C=O) groups excluding carboxylic acids is 1. The highest BCUT2D eigenvalue weighted by molar-refractivity contribution is 6.30. The van der Waals surface area contributed by atoms with Crippen LogP contribution in [0.25, 0.3) is 0 Å². The van der Waals surface area contributed by atoms with Crippen LogP contribution in [0.3, 0.4) is 0 Å². The second-order valence-corrected chi connectivity index (χ2v) is 4.44. The first-order chi connectivity index (χ1) is 9.86. The Morgan fingerprint density at radius 3 is 2.57 bits per heavy atom. The molecule has 116 valence electrons. The Hall–Kier alpha value is -1.83. The van der Waals surface area contributed by atoms with Crippen LogP contribution in [0.2, 0.25) is 5.02 Å². The van der Waals surface area contributed by atoms with Gasteiger partial charge in [-0.2, -0.15) is 0 Å². The lowest BCUT2D eigenvalue weighted by molar-refractivity contribution is -0.159. The Bertz CT molecular complexity index is 517. The van der Waals surface area contributed by atoms with Gasteiger partial charge < -0.3 is 24.8 Å². The number of ether oxygens (including phenoxy) is 2. The number of carbonyl (C=O) groups is 2. The highest BCUT2D eigenvalue weighted by Crippen LogP contribution is 2.30. The zero-order chi connectivity index (χ0) is 16.0. The Morgan fingerprint density at radius 2 is 2.00 bits per heavy atom. The first kappa shape index (κ1) is 17.2. The van der Waals surface area contributed by atoms with Crippen molar-refractivity contribution in [1.29, 1.82) is 0 Å². The quantitative estimate of drug-likeness (QED) is 0.636. The molecule has 0 spiro atoms. The topological polar surface area (TPSA) is 113 Å². The molecule has 0 radical (unpaired) electrons. The van der Waals surface area contributed by atoms with Crippen LogP contribution >= 0.6 is 11.6 Å². The number of hydrogen-bond acceptors (Lipinski definition) is 6. The molecule has 1 rings (SSSR count). The second kappa shape index (κ2) is 7.82. The largest absolute Gasteiger partial charge is 0.481 e. The molecule has 0 fully saturated rings. The number of benzene rings is 1. The Morgan fingerprint density at radius 1 is 1.33 bits per heavy atom. The van der Waals surface area contributed by atoms with Crippen molar-refractivity contribution >= 4 is 23.5 Å². The molecule has 1 aromatic rings. The fourth-order valence-electron chi connectivity index (χ4n) is 1.54. The van der Waals surface area contributed by atoms with Gasteiger partial charge in [-0.05, 0) is 19.1 Å². The van der Waals surface area contributed by atoms with Gasteiger partial charge >= 0.3 is 11.9 Å². The first-order valence-corrected chi connectivity index (χ1v) is 6.41. The van der Waals surface area contributed by atoms with Gasteiger partial charge in [-0.3, -0.25) is 0 Å². The van der Waals surface area contributed by atoms with Crippen LogP contribution in [-0.4, -0.2) is 46.6 Å². The van der Waals surface area contributed by atoms with E-state index in [2.05, 4.69) is 4.74 Å². The van der Waals surface area contributed by atoms with Crippen molar-refractivity contribution in [3.05, 3.63) is 28.8 Å². The lowest BCUT2D eigenvalue weighted by Crippen LogP contribution is -2.30. The zero-order valence-corrected chi connectivity index (χ0v) is 11.9. The van der Waals surface area contributed by atoms with Gasteiger partial charge in [-0.25, -0.2) is 9.59 Å². The van der Waals surface area contributed by atoms with Crippen LogP contribution in [0.1, 0.15) is 18.6 Å². The van der Waals surface area contributed by atoms with Gasteiger partial charge in [-0.1, -0.05) is 17.7 Å². The predicted molar refractivity (Wildman–Crippen MR) is 72.2 cm³/mol. The van der Waals surface area contributed by atoms with Gasteiger partial charge in [0.2, 0.25) is 0 Å². The minimum atomic E-state index is -1.82. The number of carboxylic acid groups (broad SMARTS) is 1. The summed E-state index contributed by atoms with van der Waals surface area (Å²) < 4.78 is 9.58. The van der Waals surface area contributed by atoms with Crippen LogP contribution in [0.15, 0.2) is 18.2 Å². The molecule has 0 amide bonds. The molecule has 21 heavy (non-hydrogen) atoms. The highest BCUT2D eigenvalue weighted by Gasteiger charge is 2.29. The molecule has 1 aromatic carbocycles. The fraction of sp³-hybridized carbons (Fsp3) is 0.385. The SMILES string of the molecule is CCOC(=O)C(O)C(O)c1ccc(Cl)cc1OCC(=O)O. The average Bonchev–Trinajstić information content (AvgIpc) is 2.44. The third-order valence-corrected chi connectivity index (χ3v) is 2.71. The normalized spacial score (nSPS) is 13.3. The molecule has 2 atom stereocenters. The third-order valence-electron chi connectivity index (χ3n) is 2.47. The summed E-state index contributed by atoms with van der Waals surface area (Å²) in [6, 6.07) is 4.01. The number of carboxylic acids is 1. The first-order valence-electron chi connectivity index (χ1n) is 6.03. The molecule has 8 heteroatoms. The molecule has 0 heterocycles. The van der Waals surface area contributed by atoms with Crippen LogP contribution in [0.4, 0.5) is 0 Å². The third kappa shape index (κ3) is 4.89. The van der Waals surface area contributed by atoms with E-state index in [1.807, 2.05) is 0 Å². The molecule has 0 aliphatic rings. The van der Waals surface area contributed by atoms with E-state index in [4.69, 9.17) is 21.4 Å². The number of esters is 1. The van der Waals surface area contributed by atoms with Crippen molar-refractivity contribution in [1.82, 2.24) is 0 Å². The summed E-state index contributed by atoms with van der Waals surface area (Å²) in [7, 11) is 0. The van der Waals surface area contributed by atoms with E-state index in [0.717, 1.165) is 0 Å². The van der Waals surface area contributed by atoms with Crippen molar-refractivity contribution < 1.29 is 34.4 Å². The van der Waals surface area contributed by atoms with E-state index in [1.54, 1.807) is 6.92 Å². The lowest BCUT2D eigenvalue weighted by Gasteiger charge is -2.19. The number of aliphatic hydroxyl groups excluding tert-OH is 2. The molecule has 0 aliphatic carbocycles. The number of aliphatic carboxylic acids is 1. The van der Waals surface area contributed by atoms with Crippen molar-refractivity contribution in [3.63, 3.8) is 0 Å². The molecule has 3 N–H and O–H groups in total. The monoisotopic (exact) mass is 318 g/mol. The summed E-state index contributed by atoms with van der Waals surface area (Å²) in [5.74, 6) is -2.26. The lowest BCUT2D eigenvalue weighted by atomic mass is 10.0. The van der Waals surface area contributed by atoms with Gasteiger partial charge in [0.25, 0.3) is 0 Å². The maximum absolute atomic E-state index is 11.4. The summed E-state index contributed by atoms with van der Waals surface area (Å²) in [6.45, 7) is 0.946. The van der Waals surface area contributed by atoms with Crippen LogP contribution in [0.5, 0.6) is 5.75 Å². The van der Waals surface area contributed by atoms with Crippen LogP contribution < -0.4 is 4.74 Å².